The van der Waals surface area contributed by atoms with E-state index in [1.807, 2.05) is 48.5 Å². The van der Waals surface area contributed by atoms with E-state index in [1.165, 1.54) is 5.57 Å². The molecule has 0 fully saturated rings. The van der Waals surface area contributed by atoms with E-state index in [0.717, 1.165) is 45.3 Å². The Bertz CT molecular complexity index is 1250. The molecule has 0 saturated heterocycles. The molecule has 4 aromatic rings. The summed E-state index contributed by atoms with van der Waals surface area (Å²) in [6.07, 6.45) is 1.05. The Labute approximate surface area is 183 Å². The van der Waals surface area contributed by atoms with Gasteiger partial charge in [0.05, 0.1) is 0 Å². The van der Waals surface area contributed by atoms with Crippen molar-refractivity contribution in [1.29, 1.82) is 0 Å². The molecular formula is C30H22O. The highest BCUT2D eigenvalue weighted by Gasteiger charge is 2.36. The van der Waals surface area contributed by atoms with Gasteiger partial charge in [0, 0.05) is 11.5 Å². The molecule has 31 heavy (non-hydrogen) atoms. The molecule has 1 atom stereocenters. The van der Waals surface area contributed by atoms with Crippen LogP contribution in [0.15, 0.2) is 127 Å². The van der Waals surface area contributed by atoms with Crippen molar-refractivity contribution < 1.29 is 4.79 Å². The first-order valence-electron chi connectivity index (χ1n) is 10.5. The summed E-state index contributed by atoms with van der Waals surface area (Å²) in [6.45, 7) is 0. The van der Waals surface area contributed by atoms with Crippen LogP contribution in [0.5, 0.6) is 0 Å². The Morgan fingerprint density at radius 3 is 1.39 bits per heavy atom. The first kappa shape index (κ1) is 19.0. The van der Waals surface area contributed by atoms with Gasteiger partial charge in [0.25, 0.3) is 0 Å². The van der Waals surface area contributed by atoms with Crippen LogP contribution in [0.25, 0.3) is 16.7 Å². The average Bonchev–Trinajstić information content (AvgIpc) is 3.21. The lowest BCUT2D eigenvalue weighted by atomic mass is 9.83. The maximum atomic E-state index is 12.6. The van der Waals surface area contributed by atoms with Crippen molar-refractivity contribution >= 4 is 23.0 Å². The van der Waals surface area contributed by atoms with Crippen LogP contribution >= 0.6 is 0 Å². The fourth-order valence-electron chi connectivity index (χ4n) is 4.59. The first-order valence-corrected chi connectivity index (χ1v) is 10.5. The van der Waals surface area contributed by atoms with E-state index in [-0.39, 0.29) is 5.92 Å². The van der Waals surface area contributed by atoms with Crippen LogP contribution in [0.3, 0.4) is 0 Å². The summed E-state index contributed by atoms with van der Waals surface area (Å²) in [7, 11) is 0. The third-order valence-electron chi connectivity index (χ3n) is 5.88. The Balaban J connectivity index is 1.90. The van der Waals surface area contributed by atoms with E-state index in [2.05, 4.69) is 72.8 Å². The predicted molar refractivity (Wildman–Crippen MR) is 128 cm³/mol. The zero-order chi connectivity index (χ0) is 21.0. The van der Waals surface area contributed by atoms with Gasteiger partial charge in [-0.05, 0) is 39.0 Å². The van der Waals surface area contributed by atoms with E-state index in [9.17, 15) is 4.79 Å². The molecule has 1 nitrogen and oxygen atoms in total. The summed E-state index contributed by atoms with van der Waals surface area (Å²) in [5.74, 6) is -0.119. The van der Waals surface area contributed by atoms with E-state index < -0.39 is 0 Å². The molecule has 0 aromatic heterocycles. The maximum absolute atomic E-state index is 12.6. The molecule has 0 radical (unpaired) electrons. The normalized spacial score (nSPS) is 15.9. The van der Waals surface area contributed by atoms with Gasteiger partial charge in [-0.25, -0.2) is 0 Å². The third kappa shape index (κ3) is 3.45. The van der Waals surface area contributed by atoms with Gasteiger partial charge >= 0.3 is 0 Å². The van der Waals surface area contributed by atoms with Gasteiger partial charge in [-0.3, -0.25) is 4.79 Å². The smallest absolute Gasteiger partial charge is 0.147 e. The largest absolute Gasteiger partial charge is 0.298 e. The molecule has 0 spiro atoms. The van der Waals surface area contributed by atoms with Gasteiger partial charge < -0.3 is 0 Å². The van der Waals surface area contributed by atoms with E-state index in [1.54, 1.807) is 0 Å². The molecule has 5 rings (SSSR count). The van der Waals surface area contributed by atoms with E-state index >= 15 is 0 Å². The standard InChI is InChI=1S/C30H22O/c31-21-26-27(22-13-5-1-6-14-22)29(24-17-9-3-10-18-24)30(25-19-11-4-12-20-25)28(26)23-15-7-2-8-16-23/h1-21,27H. The molecule has 1 aliphatic carbocycles. The lowest BCUT2D eigenvalue weighted by Gasteiger charge is -2.19. The molecule has 1 aliphatic rings. The molecular weight excluding hydrogens is 376 g/mol. The van der Waals surface area contributed by atoms with E-state index in [4.69, 9.17) is 0 Å². The third-order valence-corrected chi connectivity index (χ3v) is 5.88. The zero-order valence-electron chi connectivity index (χ0n) is 17.1. The summed E-state index contributed by atoms with van der Waals surface area (Å²) in [6, 6.07) is 41.5. The Kier molecular flexibility index (Phi) is 5.16. The number of benzene rings is 4. The zero-order valence-corrected chi connectivity index (χ0v) is 17.1. The molecule has 0 amide bonds. The van der Waals surface area contributed by atoms with Crippen LogP contribution in [0, 0.1) is 0 Å². The average molecular weight is 399 g/mol. The molecule has 0 N–H and O–H groups in total. The summed E-state index contributed by atoms with van der Waals surface area (Å²) in [5, 5.41) is 0. The summed E-state index contributed by atoms with van der Waals surface area (Å²) in [5.41, 5.74) is 8.61. The van der Waals surface area contributed by atoms with Crippen LogP contribution in [-0.2, 0) is 4.79 Å². The van der Waals surface area contributed by atoms with Crippen molar-refractivity contribution in [2.75, 3.05) is 0 Å². The molecule has 1 unspecified atom stereocenters. The van der Waals surface area contributed by atoms with Gasteiger partial charge in [-0.15, -0.1) is 0 Å². The summed E-state index contributed by atoms with van der Waals surface area (Å²) >= 11 is 0. The second-order valence-electron chi connectivity index (χ2n) is 7.68. The van der Waals surface area contributed by atoms with Crippen LogP contribution in [0.2, 0.25) is 0 Å². The molecule has 1 heteroatoms. The minimum atomic E-state index is -0.119. The number of carbonyl (C=O) groups is 1. The van der Waals surface area contributed by atoms with Gasteiger partial charge in [0.1, 0.15) is 6.29 Å². The first-order chi connectivity index (χ1) is 15.4. The number of aldehydes is 1. The van der Waals surface area contributed by atoms with E-state index in [0.29, 0.717) is 0 Å². The lowest BCUT2D eigenvalue weighted by molar-refractivity contribution is -0.105. The second kappa shape index (κ2) is 8.41. The molecule has 0 heterocycles. The minimum absolute atomic E-state index is 0.119. The quantitative estimate of drug-likeness (QED) is 0.329. The Morgan fingerprint density at radius 1 is 0.484 bits per heavy atom. The molecule has 4 aromatic carbocycles. The molecule has 0 aliphatic heterocycles. The number of carbonyl (C=O) groups excluding carboxylic acids is 1. The molecule has 148 valence electrons. The van der Waals surface area contributed by atoms with Crippen molar-refractivity contribution in [1.82, 2.24) is 0 Å². The monoisotopic (exact) mass is 398 g/mol. The number of hydrogen-bond acceptors (Lipinski definition) is 1. The number of rotatable bonds is 5. The SMILES string of the molecule is O=CC1=C(c2ccccc2)C(c2ccccc2)=C(c2ccccc2)C1c1ccccc1. The van der Waals surface area contributed by atoms with Crippen molar-refractivity contribution in [3.63, 3.8) is 0 Å². The van der Waals surface area contributed by atoms with Crippen molar-refractivity contribution in [2.45, 2.75) is 5.92 Å². The lowest BCUT2D eigenvalue weighted by Crippen LogP contribution is -2.04. The van der Waals surface area contributed by atoms with Gasteiger partial charge in [-0.1, -0.05) is 121 Å². The van der Waals surface area contributed by atoms with Crippen LogP contribution < -0.4 is 0 Å². The maximum Gasteiger partial charge on any atom is 0.147 e. The molecule has 0 saturated carbocycles. The molecule has 0 bridgehead atoms. The van der Waals surface area contributed by atoms with Gasteiger partial charge in [0.15, 0.2) is 0 Å². The van der Waals surface area contributed by atoms with Crippen molar-refractivity contribution in [3.8, 4) is 0 Å². The number of hydrogen-bond donors (Lipinski definition) is 0. The Morgan fingerprint density at radius 2 is 0.903 bits per heavy atom. The highest BCUT2D eigenvalue weighted by molar-refractivity contribution is 6.25. The topological polar surface area (TPSA) is 17.1 Å². The summed E-state index contributed by atoms with van der Waals surface area (Å²) in [4.78, 5) is 12.6. The fourth-order valence-corrected chi connectivity index (χ4v) is 4.59. The summed E-state index contributed by atoms with van der Waals surface area (Å²) < 4.78 is 0. The number of allylic oxidation sites excluding steroid dienone is 4. The highest BCUT2D eigenvalue weighted by Crippen LogP contribution is 2.54. The fraction of sp³-hybridized carbons (Fsp3) is 0.0333. The van der Waals surface area contributed by atoms with Crippen molar-refractivity contribution in [2.24, 2.45) is 0 Å². The Hall–Kier alpha value is -3.97. The highest BCUT2D eigenvalue weighted by atomic mass is 16.1. The van der Waals surface area contributed by atoms with Crippen LogP contribution in [0.1, 0.15) is 28.2 Å². The van der Waals surface area contributed by atoms with Crippen LogP contribution in [-0.4, -0.2) is 6.29 Å². The van der Waals surface area contributed by atoms with Crippen LogP contribution in [0.4, 0.5) is 0 Å². The van der Waals surface area contributed by atoms with Crippen molar-refractivity contribution in [3.05, 3.63) is 149 Å². The second-order valence-corrected chi connectivity index (χ2v) is 7.68. The van der Waals surface area contributed by atoms with Gasteiger partial charge in [-0.2, -0.15) is 0 Å². The van der Waals surface area contributed by atoms with Gasteiger partial charge in [0.2, 0.25) is 0 Å². The minimum Gasteiger partial charge on any atom is -0.298 e. The predicted octanol–water partition coefficient (Wildman–Crippen LogP) is 7.05.